The molecule has 612 valence electrons. The Morgan fingerprint density at radius 1 is 0.509 bits per heavy atom. The highest BCUT2D eigenvalue weighted by atomic mass is 32.2. The number of Topliss-reactive ketones (excluding diaryl/α,β-unsaturated/α-hetero) is 4. The van der Waals surface area contributed by atoms with Crippen molar-refractivity contribution in [2.45, 2.75) is 232 Å². The second-order valence-electron chi connectivity index (χ2n) is 30.7. The lowest BCUT2D eigenvalue weighted by Crippen LogP contribution is -2.32. The van der Waals surface area contributed by atoms with Gasteiger partial charge in [-0.25, -0.2) is 26.4 Å². The fourth-order valence-electron chi connectivity index (χ4n) is 17.4. The molecule has 1 saturated heterocycles. The number of rotatable bonds is 17. The number of allylic oxidation sites excluding steroid dienone is 17. The topological polar surface area (TPSA) is 318 Å². The highest BCUT2D eigenvalue weighted by Crippen LogP contribution is 2.51. The van der Waals surface area contributed by atoms with E-state index in [1.165, 1.54) is 47.1 Å². The fraction of sp³-hybridized carbons (Fsp3) is 0.506. The number of amides is 3. The number of nitrogens with one attached hydrogen (secondary N) is 3. The molecule has 23 nitrogen and oxygen atoms in total. The Hall–Kier alpha value is -9.30. The summed E-state index contributed by atoms with van der Waals surface area (Å²) in [6.45, 7) is 17.3. The van der Waals surface area contributed by atoms with E-state index >= 15 is 0 Å². The Balaban J connectivity index is 0.000000156. The maximum Gasteiger partial charge on any atom is 0.334 e. The summed E-state index contributed by atoms with van der Waals surface area (Å²) in [4.78, 5) is 123. The number of sulfonamides is 2. The molecule has 1 heterocycles. The van der Waals surface area contributed by atoms with E-state index in [2.05, 4.69) is 16.0 Å². The number of ether oxygens (including phenoxy) is 4. The maximum absolute atomic E-state index is 13.3. The molecule has 0 spiro atoms. The maximum atomic E-state index is 13.3. The van der Waals surface area contributed by atoms with Crippen LogP contribution in [-0.4, -0.2) is 145 Å². The Morgan fingerprint density at radius 2 is 0.947 bits per heavy atom. The molecule has 2 atom stereocenters. The summed E-state index contributed by atoms with van der Waals surface area (Å²) < 4.78 is 76.1. The first-order valence-corrected chi connectivity index (χ1v) is 43.5. The summed E-state index contributed by atoms with van der Waals surface area (Å²) in [5, 5.41) is 8.37. The Bertz CT molecular complexity index is 4860. The number of hydrogen-bond acceptors (Lipinski definition) is 18. The number of esters is 2. The summed E-state index contributed by atoms with van der Waals surface area (Å²) in [6, 6.07) is 9.05. The van der Waals surface area contributed by atoms with Gasteiger partial charge in [0.05, 0.1) is 48.6 Å². The van der Waals surface area contributed by atoms with E-state index in [0.29, 0.717) is 155 Å². The molecular weight excluding hydrogens is 1490 g/mol. The summed E-state index contributed by atoms with van der Waals surface area (Å²) >= 11 is 0. The molecule has 3 amide bonds. The van der Waals surface area contributed by atoms with E-state index in [4.69, 9.17) is 18.9 Å². The number of carbonyl (C=O) groups is 10. The van der Waals surface area contributed by atoms with Gasteiger partial charge in [0, 0.05) is 127 Å². The van der Waals surface area contributed by atoms with Crippen molar-refractivity contribution in [1.82, 2.24) is 13.9 Å². The second-order valence-corrected chi connectivity index (χ2v) is 34.6. The highest BCUT2D eigenvalue weighted by Gasteiger charge is 2.48. The third-order valence-corrected chi connectivity index (χ3v) is 27.2. The van der Waals surface area contributed by atoms with Crippen molar-refractivity contribution < 1.29 is 83.7 Å². The zero-order chi connectivity index (χ0) is 82.5. The van der Waals surface area contributed by atoms with E-state index in [-0.39, 0.29) is 74.3 Å². The summed E-state index contributed by atoms with van der Waals surface area (Å²) in [6.07, 6.45) is 25.7. The summed E-state index contributed by atoms with van der Waals surface area (Å²) in [5.41, 5.74) is 16.3. The molecule has 6 fully saturated rings. The SMILES string of the molecule is CCN(CC)S(=O)(=O)c1ccc(OC)c(NC(=O)C2=C3CCCCC(=O)C3=C(C)C2)c1.CCOC(=O)C1=C2CCC=CC(=O)C2=C(C)C1.CCOC(=O)C1=C2CCCCC(=O)C2=C(C)C1.CNC(=O)C1=C2CCC3CC3C(=O)C2=CC1.COc1ccc(S(=O)(=O)N2CCCCCC2)cc1NC(=O)C1=C2CCCCC(=O)C2=C(C)C1. The summed E-state index contributed by atoms with van der Waals surface area (Å²) in [5.74, 6) is 1.20. The molecule has 0 bridgehead atoms. The van der Waals surface area contributed by atoms with Crippen molar-refractivity contribution in [1.29, 1.82) is 0 Å². The second kappa shape index (κ2) is 38.9. The normalized spacial score (nSPS) is 20.9. The number of hydrogen-bond donors (Lipinski definition) is 3. The average molecular weight is 1600 g/mol. The molecule has 0 radical (unpaired) electrons. The van der Waals surface area contributed by atoms with Gasteiger partial charge in [0.15, 0.2) is 28.9 Å². The van der Waals surface area contributed by atoms with Crippen molar-refractivity contribution in [3.8, 4) is 11.5 Å². The minimum atomic E-state index is -3.68. The monoisotopic (exact) mass is 1600 g/mol. The molecule has 0 aromatic heterocycles. The van der Waals surface area contributed by atoms with Crippen LogP contribution >= 0.6 is 0 Å². The first-order chi connectivity index (χ1) is 54.6. The average Bonchev–Trinajstić information content (AvgIpc) is 1.03. The number of likely N-dealkylation sites (N-methyl/N-ethyl adjacent to an activating group) is 1. The van der Waals surface area contributed by atoms with Crippen LogP contribution in [0.5, 0.6) is 11.5 Å². The molecular formula is C89H111N5O18S2. The lowest BCUT2D eigenvalue weighted by atomic mass is 9.98. The largest absolute Gasteiger partial charge is 0.495 e. The van der Waals surface area contributed by atoms with E-state index in [1.54, 1.807) is 53.0 Å². The molecule has 2 aromatic carbocycles. The molecule has 14 rings (SSSR count). The smallest absolute Gasteiger partial charge is 0.334 e. The van der Waals surface area contributed by atoms with Crippen LogP contribution in [0.3, 0.4) is 0 Å². The lowest BCUT2D eigenvalue weighted by molar-refractivity contribution is -0.139. The van der Waals surface area contributed by atoms with Gasteiger partial charge in [0.2, 0.25) is 26.0 Å². The van der Waals surface area contributed by atoms with Gasteiger partial charge >= 0.3 is 11.9 Å². The van der Waals surface area contributed by atoms with Crippen LogP contribution in [-0.2, 0) is 77.5 Å². The molecule has 2 aromatic rings. The molecule has 3 N–H and O–H groups in total. The quantitative estimate of drug-likeness (QED) is 0.124. The van der Waals surface area contributed by atoms with Gasteiger partial charge in [-0.3, -0.25) is 38.4 Å². The molecule has 11 aliphatic carbocycles. The van der Waals surface area contributed by atoms with Gasteiger partial charge in [-0.05, 0) is 240 Å². The Morgan fingerprint density at radius 3 is 1.41 bits per heavy atom. The number of nitrogens with zero attached hydrogens (tertiary/aromatic N) is 2. The number of fused-ring (bicyclic) bond motifs is 6. The molecule has 5 saturated carbocycles. The van der Waals surface area contributed by atoms with Gasteiger partial charge in [0.25, 0.3) is 11.8 Å². The standard InChI is InChI=1S/C25H32N2O5S.C23H30N2O5S.C14H18O3.C14H16O3.C13H15NO2/c1-17-15-20(19-9-5-6-10-22(28)24(17)19)25(29)26-21-16-18(11-12-23(21)32-2)33(30,31)27-13-7-3-4-8-14-27;1-5-25(6-2)31(28,29)16-11-12-21(30-4)19(14-16)24-23(27)18-13-15(3)22-17(18)9-7-8-10-20(22)26;2*1-3-17-14(16)11-8-9(2)13-10(11)6-4-5-7-12(13)15;1-14-13(16)10-5-4-9-8(10)3-2-7-6-11(7)12(9)15/h11-12,16H,3-10,13-15H2,1-2H3,(H,26,29);11-12,14H,5-10,13H2,1-4H3,(H,24,27);3-8H2,1-2H3;5,7H,3-4,6,8H2,1-2H3;4,7,11H,2-3,5-6H2,1H3,(H,14,16). The van der Waals surface area contributed by atoms with Crippen LogP contribution in [0, 0.1) is 11.8 Å². The van der Waals surface area contributed by atoms with E-state index in [0.717, 1.165) is 186 Å². The van der Waals surface area contributed by atoms with Gasteiger partial charge in [-0.15, -0.1) is 0 Å². The molecule has 114 heavy (non-hydrogen) atoms. The van der Waals surface area contributed by atoms with Crippen molar-refractivity contribution in [2.75, 3.05) is 71.3 Å². The highest BCUT2D eigenvalue weighted by molar-refractivity contribution is 7.89. The molecule has 12 aliphatic rings. The Kier molecular flexibility index (Phi) is 29.7. The number of benzene rings is 2. The zero-order valence-electron chi connectivity index (χ0n) is 68.0. The first kappa shape index (κ1) is 87.1. The lowest BCUT2D eigenvalue weighted by Gasteiger charge is -2.21. The van der Waals surface area contributed by atoms with Gasteiger partial charge < -0.3 is 34.9 Å². The van der Waals surface area contributed by atoms with Gasteiger partial charge in [0.1, 0.15) is 11.5 Å². The van der Waals surface area contributed by atoms with Crippen molar-refractivity contribution >= 4 is 90.0 Å². The molecule has 1 aliphatic heterocycles. The number of anilines is 2. The van der Waals surface area contributed by atoms with Crippen molar-refractivity contribution in [3.63, 3.8) is 0 Å². The minimum absolute atomic E-state index is 0.0225. The third kappa shape index (κ3) is 19.4. The van der Waals surface area contributed by atoms with Crippen LogP contribution in [0.1, 0.15) is 222 Å². The van der Waals surface area contributed by atoms with Crippen LogP contribution in [0.2, 0.25) is 0 Å². The summed E-state index contributed by atoms with van der Waals surface area (Å²) in [7, 11) is -2.75. The van der Waals surface area contributed by atoms with Crippen LogP contribution in [0.4, 0.5) is 11.4 Å². The van der Waals surface area contributed by atoms with Crippen LogP contribution < -0.4 is 25.4 Å². The fourth-order valence-corrected chi connectivity index (χ4v) is 20.5. The Labute approximate surface area is 671 Å². The minimum Gasteiger partial charge on any atom is -0.495 e. The number of methoxy groups -OCH3 is 2. The van der Waals surface area contributed by atoms with Gasteiger partial charge in [-0.2, -0.15) is 8.61 Å². The van der Waals surface area contributed by atoms with Crippen LogP contribution in [0.15, 0.2) is 170 Å². The zero-order valence-corrected chi connectivity index (χ0v) is 69.7. The first-order valence-electron chi connectivity index (χ1n) is 40.6. The van der Waals surface area contributed by atoms with Crippen molar-refractivity contribution in [3.05, 3.63) is 161 Å². The predicted octanol–water partition coefficient (Wildman–Crippen LogP) is 14.7. The van der Waals surface area contributed by atoms with Crippen molar-refractivity contribution in [2.24, 2.45) is 11.8 Å². The van der Waals surface area contributed by atoms with Crippen LogP contribution in [0.25, 0.3) is 0 Å². The predicted molar refractivity (Wildman–Crippen MR) is 435 cm³/mol. The van der Waals surface area contributed by atoms with E-state index in [1.807, 2.05) is 39.8 Å². The molecule has 25 heteroatoms. The number of ketones is 5. The third-order valence-electron chi connectivity index (χ3n) is 23.3. The molecule has 2 unspecified atom stereocenters. The number of carbonyl (C=O) groups excluding carboxylic acids is 10. The van der Waals surface area contributed by atoms with E-state index < -0.39 is 20.0 Å². The van der Waals surface area contributed by atoms with Gasteiger partial charge in [-0.1, -0.05) is 61.1 Å². The van der Waals surface area contributed by atoms with E-state index in [9.17, 15) is 64.8 Å².